The average Bonchev–Trinajstić information content (AvgIpc) is 3.31. The second-order valence-electron chi connectivity index (χ2n) is 8.27. The molecular weight excluding hydrogens is 380 g/mol. The van der Waals surface area contributed by atoms with Crippen LogP contribution in [0.15, 0.2) is 42.5 Å². The predicted molar refractivity (Wildman–Crippen MR) is 113 cm³/mol. The molecule has 2 aromatic carbocycles. The number of fused-ring (bicyclic) bond motifs is 1. The Morgan fingerprint density at radius 2 is 1.87 bits per heavy atom. The monoisotopic (exact) mass is 408 g/mol. The molecule has 2 aromatic rings. The van der Waals surface area contributed by atoms with E-state index in [9.17, 15) is 14.7 Å². The molecule has 3 amide bonds. The van der Waals surface area contributed by atoms with Crippen LogP contribution in [0, 0.1) is 0 Å². The highest BCUT2D eigenvalue weighted by molar-refractivity contribution is 6.07. The van der Waals surface area contributed by atoms with Gasteiger partial charge in [-0.15, -0.1) is 0 Å². The maximum atomic E-state index is 13.1. The fraction of sp³-hybridized carbons (Fsp3) is 0.417. The Kier molecular flexibility index (Phi) is 5.52. The van der Waals surface area contributed by atoms with E-state index in [1.807, 2.05) is 36.4 Å². The standard InChI is InChI=1S/C24H28N2O4/c1-3-16-7-11-21(12-8-16)30-15-20(27)14-26-22(28)24(2,25-23(26)29)19-10-9-17-5-4-6-18(17)13-19/h7-13,20,27H,3-6,14-15H2,1-2H3,(H,25,29)/t20-,24-/m1/s1. The third-order valence-electron chi connectivity index (χ3n) is 6.12. The quantitative estimate of drug-likeness (QED) is 0.691. The van der Waals surface area contributed by atoms with Crippen LogP contribution in [0.3, 0.4) is 0 Å². The first kappa shape index (κ1) is 20.4. The summed E-state index contributed by atoms with van der Waals surface area (Å²) in [4.78, 5) is 26.7. The van der Waals surface area contributed by atoms with Gasteiger partial charge < -0.3 is 15.2 Å². The number of imide groups is 1. The average molecular weight is 408 g/mol. The molecular formula is C24H28N2O4. The predicted octanol–water partition coefficient (Wildman–Crippen LogP) is 2.94. The molecule has 1 fully saturated rings. The van der Waals surface area contributed by atoms with Crippen molar-refractivity contribution in [3.63, 3.8) is 0 Å². The van der Waals surface area contributed by atoms with Crippen LogP contribution in [0.4, 0.5) is 4.79 Å². The number of rotatable bonds is 7. The molecule has 2 atom stereocenters. The van der Waals surface area contributed by atoms with Gasteiger partial charge in [0.2, 0.25) is 0 Å². The van der Waals surface area contributed by atoms with Gasteiger partial charge in [0, 0.05) is 0 Å². The molecule has 2 N–H and O–H groups in total. The fourth-order valence-corrected chi connectivity index (χ4v) is 4.22. The molecule has 0 aromatic heterocycles. The zero-order valence-corrected chi connectivity index (χ0v) is 17.5. The Bertz CT molecular complexity index is 956. The summed E-state index contributed by atoms with van der Waals surface area (Å²) in [5, 5.41) is 13.2. The fourth-order valence-electron chi connectivity index (χ4n) is 4.22. The van der Waals surface area contributed by atoms with Crippen molar-refractivity contribution in [2.45, 2.75) is 51.2 Å². The van der Waals surface area contributed by atoms with Gasteiger partial charge in [-0.25, -0.2) is 4.79 Å². The number of urea groups is 1. The largest absolute Gasteiger partial charge is 0.491 e. The Labute approximate surface area is 176 Å². The highest BCUT2D eigenvalue weighted by atomic mass is 16.5. The zero-order chi connectivity index (χ0) is 21.3. The summed E-state index contributed by atoms with van der Waals surface area (Å²) in [7, 11) is 0. The van der Waals surface area contributed by atoms with E-state index in [-0.39, 0.29) is 19.1 Å². The van der Waals surface area contributed by atoms with Gasteiger partial charge in [-0.1, -0.05) is 37.3 Å². The highest BCUT2D eigenvalue weighted by Gasteiger charge is 2.49. The SMILES string of the molecule is CCc1ccc(OC[C@H](O)CN2C(=O)N[C@](C)(c3ccc4c(c3)CCC4)C2=O)cc1. The molecule has 6 heteroatoms. The van der Waals surface area contributed by atoms with Crippen molar-refractivity contribution in [2.75, 3.05) is 13.2 Å². The Morgan fingerprint density at radius 3 is 2.60 bits per heavy atom. The summed E-state index contributed by atoms with van der Waals surface area (Å²) in [6.45, 7) is 3.69. The molecule has 1 saturated heterocycles. The van der Waals surface area contributed by atoms with Crippen molar-refractivity contribution >= 4 is 11.9 Å². The maximum Gasteiger partial charge on any atom is 0.325 e. The third-order valence-corrected chi connectivity index (χ3v) is 6.12. The number of carbonyl (C=O) groups is 2. The van der Waals surface area contributed by atoms with Gasteiger partial charge >= 0.3 is 6.03 Å². The smallest absolute Gasteiger partial charge is 0.325 e. The van der Waals surface area contributed by atoms with Gasteiger partial charge in [0.15, 0.2) is 0 Å². The number of aliphatic hydroxyl groups is 1. The summed E-state index contributed by atoms with van der Waals surface area (Å²) in [6, 6.07) is 13.2. The van der Waals surface area contributed by atoms with Crippen LogP contribution in [0.2, 0.25) is 0 Å². The topological polar surface area (TPSA) is 78.9 Å². The van der Waals surface area contributed by atoms with E-state index < -0.39 is 17.7 Å². The number of aliphatic hydroxyl groups excluding tert-OH is 1. The number of benzene rings is 2. The van der Waals surface area contributed by atoms with Gasteiger partial charge in [-0.2, -0.15) is 0 Å². The molecule has 158 valence electrons. The molecule has 0 saturated carbocycles. The summed E-state index contributed by atoms with van der Waals surface area (Å²) >= 11 is 0. The van der Waals surface area contributed by atoms with Crippen LogP contribution < -0.4 is 10.1 Å². The highest BCUT2D eigenvalue weighted by Crippen LogP contribution is 2.32. The number of ether oxygens (including phenoxy) is 1. The maximum absolute atomic E-state index is 13.1. The van der Waals surface area contributed by atoms with Crippen LogP contribution >= 0.6 is 0 Å². The molecule has 4 rings (SSSR count). The number of β-amino-alcohol motifs (C(OH)–C–C–N with tert-alkyl or cyclic N) is 1. The van der Waals surface area contributed by atoms with Crippen molar-refractivity contribution in [1.29, 1.82) is 0 Å². The van der Waals surface area contributed by atoms with Crippen molar-refractivity contribution in [2.24, 2.45) is 0 Å². The van der Waals surface area contributed by atoms with E-state index >= 15 is 0 Å². The first-order chi connectivity index (χ1) is 14.4. The molecule has 1 heterocycles. The Hall–Kier alpha value is -2.86. The molecule has 1 aliphatic heterocycles. The van der Waals surface area contributed by atoms with Crippen molar-refractivity contribution in [3.8, 4) is 5.75 Å². The van der Waals surface area contributed by atoms with Crippen LogP contribution in [-0.4, -0.2) is 41.2 Å². The number of amides is 3. The molecule has 0 bridgehead atoms. The van der Waals surface area contributed by atoms with E-state index in [4.69, 9.17) is 4.74 Å². The number of aryl methyl sites for hydroxylation is 3. The lowest BCUT2D eigenvalue weighted by Crippen LogP contribution is -2.42. The first-order valence-corrected chi connectivity index (χ1v) is 10.6. The summed E-state index contributed by atoms with van der Waals surface area (Å²) in [5.41, 5.74) is 3.43. The number of hydrogen-bond acceptors (Lipinski definition) is 4. The summed E-state index contributed by atoms with van der Waals surface area (Å²) in [5.74, 6) is 0.295. The number of carbonyl (C=O) groups excluding carboxylic acids is 2. The minimum atomic E-state index is -1.12. The molecule has 30 heavy (non-hydrogen) atoms. The lowest BCUT2D eigenvalue weighted by atomic mass is 9.89. The zero-order valence-electron chi connectivity index (χ0n) is 17.5. The number of nitrogens with zero attached hydrogens (tertiary/aromatic N) is 1. The number of hydrogen-bond donors (Lipinski definition) is 2. The summed E-state index contributed by atoms with van der Waals surface area (Å²) < 4.78 is 5.62. The van der Waals surface area contributed by atoms with Crippen LogP contribution in [-0.2, 0) is 29.6 Å². The van der Waals surface area contributed by atoms with Gasteiger partial charge in [0.1, 0.15) is 24.0 Å². The van der Waals surface area contributed by atoms with E-state index in [1.54, 1.807) is 6.92 Å². The third kappa shape index (κ3) is 3.79. The van der Waals surface area contributed by atoms with E-state index in [2.05, 4.69) is 18.3 Å². The second kappa shape index (κ2) is 8.11. The lowest BCUT2D eigenvalue weighted by molar-refractivity contribution is -0.132. The van der Waals surface area contributed by atoms with Gasteiger partial charge in [0.25, 0.3) is 5.91 Å². The normalized spacial score (nSPS) is 21.5. The molecule has 2 aliphatic rings. The molecule has 1 aliphatic carbocycles. The molecule has 6 nitrogen and oxygen atoms in total. The van der Waals surface area contributed by atoms with E-state index in [0.29, 0.717) is 5.75 Å². The first-order valence-electron chi connectivity index (χ1n) is 10.6. The lowest BCUT2D eigenvalue weighted by Gasteiger charge is -2.24. The van der Waals surface area contributed by atoms with Crippen molar-refractivity contribution in [1.82, 2.24) is 10.2 Å². The van der Waals surface area contributed by atoms with Gasteiger partial charge in [0.05, 0.1) is 6.54 Å². The molecule has 0 spiro atoms. The summed E-state index contributed by atoms with van der Waals surface area (Å²) in [6.07, 6.45) is 3.15. The second-order valence-corrected chi connectivity index (χ2v) is 8.27. The molecule has 0 radical (unpaired) electrons. The van der Waals surface area contributed by atoms with E-state index in [1.165, 1.54) is 16.7 Å². The number of nitrogens with one attached hydrogen (secondary N) is 1. The molecule has 0 unspecified atom stereocenters. The van der Waals surface area contributed by atoms with E-state index in [0.717, 1.165) is 36.1 Å². The Balaban J connectivity index is 1.40. The van der Waals surface area contributed by atoms with Gasteiger partial charge in [-0.3, -0.25) is 9.69 Å². The van der Waals surface area contributed by atoms with Crippen LogP contribution in [0.1, 0.15) is 42.5 Å². The Morgan fingerprint density at radius 1 is 1.13 bits per heavy atom. The van der Waals surface area contributed by atoms with Crippen LogP contribution in [0.5, 0.6) is 5.75 Å². The van der Waals surface area contributed by atoms with Crippen molar-refractivity contribution in [3.05, 3.63) is 64.7 Å². The van der Waals surface area contributed by atoms with Crippen molar-refractivity contribution < 1.29 is 19.4 Å². The van der Waals surface area contributed by atoms with Gasteiger partial charge in [-0.05, 0) is 67.0 Å². The minimum Gasteiger partial charge on any atom is -0.491 e. The van der Waals surface area contributed by atoms with Crippen LogP contribution in [0.25, 0.3) is 0 Å². The minimum absolute atomic E-state index is 0.00189.